The van der Waals surface area contributed by atoms with E-state index in [4.69, 9.17) is 0 Å². The minimum absolute atomic E-state index is 0. The van der Waals surface area contributed by atoms with Gasteiger partial charge in [-0.1, -0.05) is 27.7 Å². The fraction of sp³-hybridized carbons (Fsp3) is 0.619. The molecular formula is C21H32O8Y-2. The Morgan fingerprint density at radius 3 is 1.43 bits per heavy atom. The number of rotatable bonds is 13. The van der Waals surface area contributed by atoms with E-state index < -0.39 is 30.3 Å². The van der Waals surface area contributed by atoms with E-state index in [1.807, 2.05) is 0 Å². The van der Waals surface area contributed by atoms with Gasteiger partial charge >= 0.3 is 11.9 Å². The van der Waals surface area contributed by atoms with Crippen molar-refractivity contribution in [3.8, 4) is 0 Å². The van der Waals surface area contributed by atoms with Crippen LogP contribution in [0.25, 0.3) is 0 Å². The van der Waals surface area contributed by atoms with Crippen LogP contribution in [-0.2, 0) is 71.0 Å². The maximum absolute atomic E-state index is 11.5. The molecule has 0 aromatic rings. The van der Waals surface area contributed by atoms with Gasteiger partial charge in [-0.15, -0.1) is 0 Å². The fourth-order valence-electron chi connectivity index (χ4n) is 1.58. The van der Waals surface area contributed by atoms with Gasteiger partial charge in [-0.05, 0) is 0 Å². The van der Waals surface area contributed by atoms with Crippen LogP contribution < -0.4 is 0 Å². The zero-order valence-electron chi connectivity index (χ0n) is 18.4. The molecule has 169 valence electrons. The summed E-state index contributed by atoms with van der Waals surface area (Å²) in [4.78, 5) is 67.4. The Hall–Kier alpha value is -1.41. The standard InChI is InChI=1S/C17H23O8.C4H9.Y/c1-11(2)15(21)9-14(20)5-7-17(23)25-10-24-16(22)6-4-13(19)8-12(3)18;1-4(2)3;/h11H,3-10H2,1-2H3;4H,1H2,2-3H3;/q2*-1;. The summed E-state index contributed by atoms with van der Waals surface area (Å²) in [5.74, 6) is -2.66. The molecule has 0 saturated heterocycles. The van der Waals surface area contributed by atoms with Crippen molar-refractivity contribution < 1.29 is 71.0 Å². The Morgan fingerprint density at radius 1 is 0.733 bits per heavy atom. The van der Waals surface area contributed by atoms with Gasteiger partial charge in [0.25, 0.3) is 0 Å². The Bertz CT molecular complexity index is 579. The third-order valence-electron chi connectivity index (χ3n) is 3.07. The van der Waals surface area contributed by atoms with Gasteiger partial charge in [0.2, 0.25) is 6.79 Å². The normalized spacial score (nSPS) is 9.70. The maximum atomic E-state index is 11.5. The molecule has 0 saturated carbocycles. The van der Waals surface area contributed by atoms with Crippen molar-refractivity contribution in [2.45, 2.75) is 66.2 Å². The molecule has 30 heavy (non-hydrogen) atoms. The Labute approximate surface area is 204 Å². The molecule has 0 heterocycles. The van der Waals surface area contributed by atoms with Gasteiger partial charge in [0, 0.05) is 63.7 Å². The predicted molar refractivity (Wildman–Crippen MR) is 105 cm³/mol. The molecule has 0 amide bonds. The van der Waals surface area contributed by atoms with E-state index in [0.717, 1.165) is 0 Å². The summed E-state index contributed by atoms with van der Waals surface area (Å²) in [5.41, 5.74) is 0. The van der Waals surface area contributed by atoms with Gasteiger partial charge in [0.15, 0.2) is 0 Å². The molecule has 0 unspecified atom stereocenters. The van der Waals surface area contributed by atoms with E-state index in [-0.39, 0.29) is 88.7 Å². The molecule has 0 aliphatic heterocycles. The number of ether oxygens (including phenoxy) is 2. The van der Waals surface area contributed by atoms with Crippen molar-refractivity contribution in [2.24, 2.45) is 11.8 Å². The number of carbonyl (C=O) groups excluding carboxylic acids is 6. The molecule has 0 spiro atoms. The first-order chi connectivity index (χ1) is 13.3. The van der Waals surface area contributed by atoms with Crippen LogP contribution in [0.1, 0.15) is 66.2 Å². The average molecular weight is 501 g/mol. The molecule has 0 bridgehead atoms. The molecule has 0 atom stereocenters. The van der Waals surface area contributed by atoms with Gasteiger partial charge in [-0.3, -0.25) is 24.0 Å². The Morgan fingerprint density at radius 2 is 1.10 bits per heavy atom. The van der Waals surface area contributed by atoms with Crippen molar-refractivity contribution in [2.75, 3.05) is 6.79 Å². The number of esters is 2. The molecule has 0 N–H and O–H groups in total. The summed E-state index contributed by atoms with van der Waals surface area (Å²) in [5, 5.41) is 0. The minimum Gasteiger partial charge on any atom is -0.428 e. The van der Waals surface area contributed by atoms with Crippen molar-refractivity contribution in [1.29, 1.82) is 0 Å². The van der Waals surface area contributed by atoms with Crippen LogP contribution in [0.15, 0.2) is 0 Å². The van der Waals surface area contributed by atoms with E-state index >= 15 is 0 Å². The molecule has 1 radical (unpaired) electrons. The van der Waals surface area contributed by atoms with Crippen LogP contribution >= 0.6 is 0 Å². The van der Waals surface area contributed by atoms with Crippen LogP contribution in [0, 0.1) is 25.7 Å². The van der Waals surface area contributed by atoms with Crippen molar-refractivity contribution >= 4 is 35.1 Å². The summed E-state index contributed by atoms with van der Waals surface area (Å²) < 4.78 is 9.22. The summed E-state index contributed by atoms with van der Waals surface area (Å²) in [6, 6.07) is 0. The summed E-state index contributed by atoms with van der Waals surface area (Å²) in [7, 11) is 0. The molecule has 0 aromatic carbocycles. The predicted octanol–water partition coefficient (Wildman–Crippen LogP) is 2.61. The van der Waals surface area contributed by atoms with E-state index in [1.165, 1.54) is 0 Å². The third-order valence-corrected chi connectivity index (χ3v) is 3.07. The summed E-state index contributed by atoms with van der Waals surface area (Å²) >= 11 is 0. The first kappa shape index (κ1) is 33.2. The SMILES string of the molecule is [CH2-]C(=O)CC(=O)CCC(=O)OCOC(=O)CCC(=O)CC(=O)C(C)C.[CH2-]C(C)C.[Y]. The van der Waals surface area contributed by atoms with Gasteiger partial charge in [0.1, 0.15) is 17.3 Å². The van der Waals surface area contributed by atoms with E-state index in [9.17, 15) is 28.8 Å². The van der Waals surface area contributed by atoms with Crippen molar-refractivity contribution in [3.05, 3.63) is 13.8 Å². The monoisotopic (exact) mass is 501 g/mol. The van der Waals surface area contributed by atoms with Crippen LogP contribution in [0.4, 0.5) is 0 Å². The second kappa shape index (κ2) is 19.6. The topological polar surface area (TPSA) is 121 Å². The number of carbonyl (C=O) groups is 6. The van der Waals surface area contributed by atoms with Gasteiger partial charge in [-0.25, -0.2) is 0 Å². The number of hydrogen-bond donors (Lipinski definition) is 0. The first-order valence-corrected chi connectivity index (χ1v) is 9.40. The number of hydrogen-bond acceptors (Lipinski definition) is 8. The van der Waals surface area contributed by atoms with E-state index in [2.05, 4.69) is 37.2 Å². The van der Waals surface area contributed by atoms with Crippen LogP contribution in [0.2, 0.25) is 0 Å². The molecule has 0 aromatic heterocycles. The molecule has 0 rings (SSSR count). The Kier molecular flexibility index (Phi) is 21.7. The van der Waals surface area contributed by atoms with Crippen LogP contribution in [0.3, 0.4) is 0 Å². The molecule has 0 aliphatic carbocycles. The van der Waals surface area contributed by atoms with Gasteiger partial charge in [0.05, 0.1) is 19.3 Å². The second-order valence-corrected chi connectivity index (χ2v) is 7.13. The first-order valence-electron chi connectivity index (χ1n) is 9.40. The maximum Gasteiger partial charge on any atom is 0.309 e. The fourth-order valence-corrected chi connectivity index (χ4v) is 1.58. The van der Waals surface area contributed by atoms with Crippen molar-refractivity contribution in [3.63, 3.8) is 0 Å². The third kappa shape index (κ3) is 24.6. The molecule has 0 fully saturated rings. The number of ketones is 4. The minimum atomic E-state index is -0.753. The smallest absolute Gasteiger partial charge is 0.309 e. The summed E-state index contributed by atoms with van der Waals surface area (Å²) in [6.45, 7) is 13.5. The largest absolute Gasteiger partial charge is 0.428 e. The Balaban J connectivity index is -0.00000133. The molecule has 9 heteroatoms. The van der Waals surface area contributed by atoms with E-state index in [1.54, 1.807) is 13.8 Å². The zero-order valence-corrected chi connectivity index (χ0v) is 21.2. The second-order valence-electron chi connectivity index (χ2n) is 7.13. The molecular weight excluding hydrogens is 469 g/mol. The van der Waals surface area contributed by atoms with Crippen molar-refractivity contribution in [1.82, 2.24) is 0 Å². The van der Waals surface area contributed by atoms with Crippen LogP contribution in [-0.4, -0.2) is 41.9 Å². The van der Waals surface area contributed by atoms with Gasteiger partial charge < -0.3 is 28.1 Å². The van der Waals surface area contributed by atoms with Gasteiger partial charge in [-0.2, -0.15) is 5.92 Å². The number of Topliss-reactive ketones (excluding diaryl/α,β-unsaturated/α-hetero) is 4. The average Bonchev–Trinajstić information content (AvgIpc) is 2.57. The summed E-state index contributed by atoms with van der Waals surface area (Å²) in [6.07, 6.45) is -1.30. The van der Waals surface area contributed by atoms with Crippen LogP contribution in [0.5, 0.6) is 0 Å². The quantitative estimate of drug-likeness (QED) is 0.163. The molecule has 0 aliphatic rings. The zero-order chi connectivity index (χ0) is 23.0. The van der Waals surface area contributed by atoms with E-state index in [0.29, 0.717) is 5.92 Å². The molecule has 8 nitrogen and oxygen atoms in total.